The lowest BCUT2D eigenvalue weighted by atomic mass is 9.97. The fourth-order valence-electron chi connectivity index (χ4n) is 2.85. The van der Waals surface area contributed by atoms with Crippen LogP contribution in [0.25, 0.3) is 6.08 Å². The van der Waals surface area contributed by atoms with Gasteiger partial charge in [-0.15, -0.1) is 0 Å². The zero-order chi connectivity index (χ0) is 20.5. The van der Waals surface area contributed by atoms with Crippen molar-refractivity contribution in [3.05, 3.63) is 35.7 Å². The Morgan fingerprint density at radius 3 is 2.54 bits per heavy atom. The summed E-state index contributed by atoms with van der Waals surface area (Å²) in [5.41, 5.74) is 0.461. The maximum absolute atomic E-state index is 13.6. The van der Waals surface area contributed by atoms with Gasteiger partial charge in [0, 0.05) is 19.2 Å². The molecule has 1 aliphatic heterocycles. The summed E-state index contributed by atoms with van der Waals surface area (Å²) in [6, 6.07) is 4.26. The Labute approximate surface area is 163 Å². The molecule has 7 nitrogen and oxygen atoms in total. The van der Waals surface area contributed by atoms with Gasteiger partial charge in [-0.05, 0) is 43.5 Å². The number of nitrogens with zero attached hydrogens (tertiary/aromatic N) is 1. The number of ether oxygens (including phenoxy) is 3. The molecule has 1 saturated heterocycles. The van der Waals surface area contributed by atoms with Crippen molar-refractivity contribution >= 4 is 23.9 Å². The molecule has 1 amide bonds. The molecule has 1 aromatic rings. The number of hydrogen-bond donors (Lipinski definition) is 0. The molecule has 0 saturated carbocycles. The Kier molecular flexibility index (Phi) is 7.98. The summed E-state index contributed by atoms with van der Waals surface area (Å²) in [5.74, 6) is -1.89. The van der Waals surface area contributed by atoms with Crippen LogP contribution in [0.4, 0.5) is 4.39 Å². The third-order valence-corrected chi connectivity index (χ3v) is 4.39. The van der Waals surface area contributed by atoms with E-state index in [0.717, 1.165) is 6.08 Å². The molecule has 152 valence electrons. The van der Waals surface area contributed by atoms with E-state index in [1.807, 2.05) is 0 Å². The molecule has 1 aromatic carbocycles. The number of halogens is 1. The number of benzene rings is 1. The van der Waals surface area contributed by atoms with E-state index in [1.165, 1.54) is 25.3 Å². The second-order valence-electron chi connectivity index (χ2n) is 6.24. The highest BCUT2D eigenvalue weighted by Crippen LogP contribution is 2.19. The van der Waals surface area contributed by atoms with Gasteiger partial charge < -0.3 is 19.1 Å². The molecule has 0 radical (unpaired) electrons. The summed E-state index contributed by atoms with van der Waals surface area (Å²) in [5, 5.41) is 0. The van der Waals surface area contributed by atoms with Gasteiger partial charge in [-0.3, -0.25) is 9.59 Å². The molecule has 0 spiro atoms. The van der Waals surface area contributed by atoms with Crippen LogP contribution in [0.5, 0.6) is 5.75 Å². The van der Waals surface area contributed by atoms with Crippen molar-refractivity contribution in [3.63, 3.8) is 0 Å². The number of piperidine rings is 1. The Bertz CT molecular complexity index is 740. The molecule has 0 aliphatic carbocycles. The average molecular weight is 393 g/mol. The summed E-state index contributed by atoms with van der Waals surface area (Å²) < 4.78 is 28.4. The van der Waals surface area contributed by atoms with Crippen molar-refractivity contribution in [2.75, 3.05) is 33.4 Å². The summed E-state index contributed by atoms with van der Waals surface area (Å²) in [4.78, 5) is 37.2. The Morgan fingerprint density at radius 2 is 1.93 bits per heavy atom. The van der Waals surface area contributed by atoms with Crippen LogP contribution in [0.2, 0.25) is 0 Å². The average Bonchev–Trinajstić information content (AvgIpc) is 2.70. The number of carbonyl (C=O) groups excluding carboxylic acids is 3. The monoisotopic (exact) mass is 393 g/mol. The van der Waals surface area contributed by atoms with E-state index in [-0.39, 0.29) is 30.2 Å². The van der Waals surface area contributed by atoms with Gasteiger partial charge in [0.05, 0.1) is 19.6 Å². The molecule has 0 N–H and O–H groups in total. The molecule has 1 fully saturated rings. The highest BCUT2D eigenvalue weighted by Gasteiger charge is 2.28. The first kappa shape index (κ1) is 21.4. The second kappa shape index (κ2) is 10.4. The molecule has 0 atom stereocenters. The Hall–Kier alpha value is -2.90. The minimum Gasteiger partial charge on any atom is -0.494 e. The van der Waals surface area contributed by atoms with Crippen LogP contribution in [0.1, 0.15) is 25.3 Å². The molecular formula is C20H24FNO6. The van der Waals surface area contributed by atoms with Gasteiger partial charge in [-0.1, -0.05) is 6.07 Å². The first-order chi connectivity index (χ1) is 13.4. The highest BCUT2D eigenvalue weighted by molar-refractivity contribution is 5.89. The van der Waals surface area contributed by atoms with Gasteiger partial charge >= 0.3 is 11.9 Å². The van der Waals surface area contributed by atoms with Crippen molar-refractivity contribution in [3.8, 4) is 5.75 Å². The van der Waals surface area contributed by atoms with Crippen molar-refractivity contribution in [2.45, 2.75) is 19.8 Å². The van der Waals surface area contributed by atoms with Crippen LogP contribution in [0.3, 0.4) is 0 Å². The van der Waals surface area contributed by atoms with Crippen molar-refractivity contribution in [1.82, 2.24) is 4.90 Å². The lowest BCUT2D eigenvalue weighted by molar-refractivity contribution is -0.153. The first-order valence-corrected chi connectivity index (χ1v) is 9.07. The predicted molar refractivity (Wildman–Crippen MR) is 98.9 cm³/mol. The number of rotatable bonds is 7. The van der Waals surface area contributed by atoms with Gasteiger partial charge in [0.2, 0.25) is 0 Å². The molecule has 1 aliphatic rings. The van der Waals surface area contributed by atoms with Gasteiger partial charge in [0.25, 0.3) is 5.91 Å². The topological polar surface area (TPSA) is 82.1 Å². The molecule has 8 heteroatoms. The summed E-state index contributed by atoms with van der Waals surface area (Å²) in [7, 11) is 1.36. The van der Waals surface area contributed by atoms with E-state index in [9.17, 15) is 18.8 Å². The van der Waals surface area contributed by atoms with E-state index in [2.05, 4.69) is 0 Å². The quantitative estimate of drug-likeness (QED) is 0.522. The molecule has 0 bridgehead atoms. The third-order valence-electron chi connectivity index (χ3n) is 4.39. The van der Waals surface area contributed by atoms with Crippen molar-refractivity contribution in [2.24, 2.45) is 5.92 Å². The number of amides is 1. The van der Waals surface area contributed by atoms with Gasteiger partial charge in [-0.2, -0.15) is 0 Å². The largest absolute Gasteiger partial charge is 0.494 e. The van der Waals surface area contributed by atoms with Crippen LogP contribution < -0.4 is 4.74 Å². The molecule has 2 rings (SSSR count). The zero-order valence-electron chi connectivity index (χ0n) is 16.0. The number of esters is 2. The number of methoxy groups -OCH3 is 1. The van der Waals surface area contributed by atoms with Crippen LogP contribution >= 0.6 is 0 Å². The smallest absolute Gasteiger partial charge is 0.331 e. The fraction of sp³-hybridized carbons (Fsp3) is 0.450. The van der Waals surface area contributed by atoms with Crippen LogP contribution in [-0.4, -0.2) is 56.2 Å². The maximum Gasteiger partial charge on any atom is 0.331 e. The van der Waals surface area contributed by atoms with Crippen molar-refractivity contribution < 1.29 is 33.0 Å². The fourth-order valence-corrected chi connectivity index (χ4v) is 2.85. The summed E-state index contributed by atoms with van der Waals surface area (Å²) >= 11 is 0. The lowest BCUT2D eigenvalue weighted by Crippen LogP contribution is -2.42. The maximum atomic E-state index is 13.6. The van der Waals surface area contributed by atoms with Gasteiger partial charge in [-0.25, -0.2) is 9.18 Å². The first-order valence-electron chi connectivity index (χ1n) is 9.07. The van der Waals surface area contributed by atoms with E-state index < -0.39 is 11.8 Å². The van der Waals surface area contributed by atoms with E-state index >= 15 is 0 Å². The number of hydrogen-bond acceptors (Lipinski definition) is 6. The summed E-state index contributed by atoms with van der Waals surface area (Å²) in [6.45, 7) is 2.54. The zero-order valence-corrected chi connectivity index (χ0v) is 16.0. The predicted octanol–water partition coefficient (Wildman–Crippen LogP) is 2.19. The molecule has 28 heavy (non-hydrogen) atoms. The highest BCUT2D eigenvalue weighted by atomic mass is 19.1. The Morgan fingerprint density at radius 1 is 1.21 bits per heavy atom. The minimum absolute atomic E-state index is 0.108. The molecule has 0 unspecified atom stereocenters. The number of likely N-dealkylation sites (tertiary alicyclic amines) is 1. The second-order valence-corrected chi connectivity index (χ2v) is 6.24. The van der Waals surface area contributed by atoms with Gasteiger partial charge in [0.1, 0.15) is 0 Å². The van der Waals surface area contributed by atoms with E-state index in [4.69, 9.17) is 14.2 Å². The van der Waals surface area contributed by atoms with Crippen molar-refractivity contribution in [1.29, 1.82) is 0 Å². The molecule has 1 heterocycles. The number of carbonyl (C=O) groups is 3. The van der Waals surface area contributed by atoms with Crippen LogP contribution in [-0.2, 0) is 23.9 Å². The van der Waals surface area contributed by atoms with Gasteiger partial charge in [0.15, 0.2) is 18.2 Å². The normalized spacial score (nSPS) is 14.8. The molecule has 0 aromatic heterocycles. The SMILES string of the molecule is CCOC(=O)C1CCN(C(=O)COC(=O)/C=C/c2ccc(OC)c(F)c2)CC1. The van der Waals surface area contributed by atoms with Crippen LogP contribution in [0.15, 0.2) is 24.3 Å². The standard InChI is InChI=1S/C20H24FNO6/c1-3-27-20(25)15-8-10-22(11-9-15)18(23)13-28-19(24)7-5-14-4-6-17(26-2)16(21)12-14/h4-7,12,15H,3,8-11,13H2,1-2H3/b7-5+. The van der Waals surface area contributed by atoms with Crippen LogP contribution in [0, 0.1) is 11.7 Å². The molecular weight excluding hydrogens is 369 g/mol. The van der Waals surface area contributed by atoms with E-state index in [1.54, 1.807) is 17.9 Å². The minimum atomic E-state index is -0.703. The third kappa shape index (κ3) is 6.07. The lowest BCUT2D eigenvalue weighted by Gasteiger charge is -2.30. The van der Waals surface area contributed by atoms with E-state index in [0.29, 0.717) is 38.1 Å². The Balaban J connectivity index is 1.76. The summed E-state index contributed by atoms with van der Waals surface area (Å²) in [6.07, 6.45) is 3.57.